The summed E-state index contributed by atoms with van der Waals surface area (Å²) in [7, 11) is -18.6. The van der Waals surface area contributed by atoms with E-state index in [1.54, 1.807) is 27.7 Å². The molecule has 8 heterocycles. The molecule has 6 saturated heterocycles. The third kappa shape index (κ3) is 9.18. The maximum Gasteiger partial charge on any atom is 0.357 e. The molecule has 0 aliphatic carbocycles. The zero-order chi connectivity index (χ0) is 37.9. The summed E-state index contributed by atoms with van der Waals surface area (Å²) in [6.07, 6.45) is -5.13. The largest absolute Gasteiger partial charge is 0.482 e. The Morgan fingerprint density at radius 2 is 1.04 bits per heavy atom. The molecule has 8 rings (SSSR count). The summed E-state index contributed by atoms with van der Waals surface area (Å²) >= 11 is 0. The zero-order valence-corrected chi connectivity index (χ0v) is 42.5. The molecule has 6 aliphatic rings. The van der Waals surface area contributed by atoms with Crippen molar-refractivity contribution in [3.8, 4) is 0 Å². The molecule has 2 aromatic rings. The first-order chi connectivity index (χ1) is 24.6. The van der Waals surface area contributed by atoms with Crippen LogP contribution in [0.1, 0.15) is 40.2 Å². The summed E-state index contributed by atoms with van der Waals surface area (Å²) < 4.78 is 120. The Labute approximate surface area is 384 Å². The molecule has 0 amide bonds. The minimum Gasteiger partial charge on any atom is -0.482 e. The van der Waals surface area contributed by atoms with Crippen LogP contribution in [-0.2, 0) is 68.7 Å². The fourth-order valence-electron chi connectivity index (χ4n) is 6.93. The van der Waals surface area contributed by atoms with E-state index in [1.165, 1.54) is 24.5 Å². The van der Waals surface area contributed by atoms with E-state index in [1.807, 2.05) is 0 Å². The van der Waals surface area contributed by atoms with Gasteiger partial charge in [-0.05, 0) is 39.8 Å². The van der Waals surface area contributed by atoms with Gasteiger partial charge >= 0.3 is 30.4 Å². The van der Waals surface area contributed by atoms with Gasteiger partial charge in [0.2, 0.25) is 11.4 Å². The molecule has 6 fully saturated rings. The SMILES string of the molecule is CC1(C)OC2C(O1)[C@@H](COP1(=O)CP3(=O)OP(=O)(OC[C@H]4O[C@@H](n5ccc([NH-])nc5=O)C5OC(C)(C)OC54)CP(=O)(O1)O3)O[C@H]2n1ccc([NH-])nc1=O.[Ac].[Ac]. The van der Waals surface area contributed by atoms with Crippen LogP contribution in [0.3, 0.4) is 0 Å². The second-order valence-corrected chi connectivity index (χ2v) is 23.5. The Morgan fingerprint density at radius 1 is 0.673 bits per heavy atom. The van der Waals surface area contributed by atoms with Gasteiger partial charge in [0, 0.05) is 101 Å². The minimum absolute atomic E-state index is 0. The van der Waals surface area contributed by atoms with E-state index >= 15 is 0 Å². The number of rotatable bonds is 8. The normalized spacial score (nSPS) is 42.2. The van der Waals surface area contributed by atoms with Crippen LogP contribution < -0.4 is 11.4 Å². The molecule has 0 saturated carbocycles. The Morgan fingerprint density at radius 3 is 1.40 bits per heavy atom. The average Bonchev–Trinajstić information content (AvgIpc) is 3.70. The summed E-state index contributed by atoms with van der Waals surface area (Å²) in [5, 5.41) is 0. The van der Waals surface area contributed by atoms with Crippen molar-refractivity contribution in [2.45, 2.75) is 88.3 Å². The summed E-state index contributed by atoms with van der Waals surface area (Å²) in [6.45, 7) is 5.44. The minimum atomic E-state index is -4.72. The Balaban J connectivity index is 0.00000257. The zero-order valence-electron chi connectivity index (χ0n) is 29.4. The molecule has 298 valence electrons. The molecule has 8 unspecified atom stereocenters. The maximum atomic E-state index is 13.9. The van der Waals surface area contributed by atoms with Crippen molar-refractivity contribution < 1.29 is 157 Å². The molecule has 0 aromatic carbocycles. The quantitative estimate of drug-likeness (QED) is 0.329. The first kappa shape index (κ1) is 45.3. The number of fused-ring (bicyclic) bond motifs is 4. The van der Waals surface area contributed by atoms with Crippen LogP contribution in [0.25, 0.3) is 11.5 Å². The predicted molar refractivity (Wildman–Crippen MR) is 176 cm³/mol. The summed E-state index contributed by atoms with van der Waals surface area (Å²) in [6, 6.07) is 2.56. The number of nitrogens with one attached hydrogen (secondary N) is 2. The molecule has 23 nitrogen and oxygen atoms in total. The molecule has 2 bridgehead atoms. The maximum absolute atomic E-state index is 13.9. The summed E-state index contributed by atoms with van der Waals surface area (Å²) in [4.78, 5) is 32.3. The fraction of sp³-hybridized carbons (Fsp3) is 0.692. The van der Waals surface area contributed by atoms with Gasteiger partial charge in [-0.1, -0.05) is 11.6 Å². The van der Waals surface area contributed by atoms with Crippen molar-refractivity contribution in [3.63, 3.8) is 0 Å². The molecule has 0 spiro atoms. The number of nitrogens with zero attached hydrogens (tertiary/aromatic N) is 4. The van der Waals surface area contributed by atoms with Gasteiger partial charge in [-0.3, -0.25) is 37.0 Å². The van der Waals surface area contributed by atoms with Gasteiger partial charge in [-0.25, -0.2) is 12.9 Å². The van der Waals surface area contributed by atoms with E-state index < -0.39 is 127 Å². The van der Waals surface area contributed by atoms with Gasteiger partial charge in [-0.2, -0.15) is 0 Å². The van der Waals surface area contributed by atoms with Crippen molar-refractivity contribution in [2.75, 3.05) is 25.0 Å². The number of hydrogen-bond acceptors (Lipinski definition) is 19. The van der Waals surface area contributed by atoms with Gasteiger partial charge < -0.3 is 58.9 Å². The Bertz CT molecular complexity index is 1980. The standard InChI is InChI=1S/C26H36N6O17P4.2Ac/c1-25(2)43-17-13(41-21(19(17)45-25)31-7-5-15(27)29-23(31)33)9-39-50(35)11-52(37)48-51(36,12-53(38,47-50)49-52)40-10-14-18-20(46-26(3,4)44-18)22(42-14)32-8-6-16(28)30-24(32)34;;/h5-8,13-14,17-22H,9-12H2,1-4H3,(H4,27,28,29,30,33,34);;/p-2/t13-,14-,17?,18?,19?,20?,21-,22-,50?,51?,52?,53?;;/m1../s1. The summed E-state index contributed by atoms with van der Waals surface area (Å²) in [5.74, 6) is -4.93. The van der Waals surface area contributed by atoms with E-state index in [0.717, 1.165) is 9.13 Å². The topological polar surface area (TPSA) is 287 Å². The van der Waals surface area contributed by atoms with E-state index in [2.05, 4.69) is 9.97 Å². The number of aromatic nitrogens is 4. The van der Waals surface area contributed by atoms with Crippen molar-refractivity contribution in [1.82, 2.24) is 19.1 Å². The molecular formula is C26H34Ac2N6O17P4-2. The second kappa shape index (κ2) is 15.9. The average molecular weight is 1280 g/mol. The monoisotopic (exact) mass is 1280 g/mol. The van der Waals surface area contributed by atoms with E-state index in [4.69, 9.17) is 61.9 Å². The molecule has 2 aromatic heterocycles. The Kier molecular flexibility index (Phi) is 13.1. The van der Waals surface area contributed by atoms with E-state index in [9.17, 15) is 27.8 Å². The third-order valence-corrected chi connectivity index (χ3v) is 21.4. The van der Waals surface area contributed by atoms with Crippen molar-refractivity contribution >= 4 is 42.0 Å². The fourth-order valence-corrected chi connectivity index (χ4v) is 21.5. The van der Waals surface area contributed by atoms with E-state index in [-0.39, 0.29) is 99.8 Å². The Hall–Kier alpha value is 0.723. The van der Waals surface area contributed by atoms with Crippen LogP contribution in [0.4, 0.5) is 11.6 Å². The van der Waals surface area contributed by atoms with Gasteiger partial charge in [0.15, 0.2) is 35.8 Å². The molecule has 55 heavy (non-hydrogen) atoms. The predicted octanol–water partition coefficient (Wildman–Crippen LogP) is 4.50. The van der Waals surface area contributed by atoms with Crippen molar-refractivity contribution in [1.29, 1.82) is 0 Å². The first-order valence-corrected chi connectivity index (χ1v) is 23.0. The van der Waals surface area contributed by atoms with Gasteiger partial charge in [0.25, 0.3) is 0 Å². The van der Waals surface area contributed by atoms with Crippen LogP contribution in [0.15, 0.2) is 34.1 Å². The van der Waals surface area contributed by atoms with Crippen molar-refractivity contribution in [2.24, 2.45) is 0 Å². The van der Waals surface area contributed by atoms with Gasteiger partial charge in [0.05, 0.1) is 13.2 Å². The second-order valence-electron chi connectivity index (χ2n) is 13.8. The molecule has 2 radical (unpaired) electrons. The van der Waals surface area contributed by atoms with Crippen LogP contribution >= 0.6 is 30.4 Å². The molecule has 29 heteroatoms. The number of hydrogen-bond donors (Lipinski definition) is 0. The molecule has 6 aliphatic heterocycles. The first-order valence-electron chi connectivity index (χ1n) is 16.1. The van der Waals surface area contributed by atoms with Gasteiger partial charge in [-0.15, -0.1) is 0 Å². The molecular weight excluding hydrogens is 1250 g/mol. The molecule has 2 N–H and O–H groups in total. The third-order valence-electron chi connectivity index (χ3n) is 8.77. The smallest absolute Gasteiger partial charge is 0.357 e. The number of ether oxygens (including phenoxy) is 6. The van der Waals surface area contributed by atoms with Crippen LogP contribution in [-0.4, -0.2) is 92.3 Å². The van der Waals surface area contributed by atoms with Crippen molar-refractivity contribution in [3.05, 3.63) is 57.0 Å². The van der Waals surface area contributed by atoms with Crippen LogP contribution in [0.2, 0.25) is 0 Å². The molecule has 12 atom stereocenters. The summed E-state index contributed by atoms with van der Waals surface area (Å²) in [5.41, 5.74) is 13.6. The van der Waals surface area contributed by atoms with Crippen LogP contribution in [0, 0.1) is 88.1 Å². The van der Waals surface area contributed by atoms with E-state index in [0.29, 0.717) is 0 Å². The van der Waals surface area contributed by atoms with Crippen LogP contribution in [0.5, 0.6) is 0 Å². The van der Waals surface area contributed by atoms with Gasteiger partial charge in [0.1, 0.15) is 36.6 Å².